The molecular weight excluding hydrogens is 517 g/mol. The number of halogens is 2. The van der Waals surface area contributed by atoms with Crippen molar-refractivity contribution < 1.29 is 18.7 Å². The Labute approximate surface area is 217 Å². The van der Waals surface area contributed by atoms with E-state index in [0.29, 0.717) is 16.5 Å². The van der Waals surface area contributed by atoms with Crippen molar-refractivity contribution in [2.24, 2.45) is 0 Å². The molecule has 6 aromatic rings. The molecule has 2 N–H and O–H groups in total. The van der Waals surface area contributed by atoms with Crippen LogP contribution in [0.5, 0.6) is 0 Å². The summed E-state index contributed by atoms with van der Waals surface area (Å²) in [4.78, 5) is 33.6. The van der Waals surface area contributed by atoms with Crippen molar-refractivity contribution >= 4 is 62.1 Å². The van der Waals surface area contributed by atoms with Gasteiger partial charge in [0, 0.05) is 27.6 Å². The van der Waals surface area contributed by atoms with Gasteiger partial charge in [-0.25, -0.2) is 14.2 Å². The minimum Gasteiger partial charge on any atom is -0.477 e. The molecule has 2 aromatic carbocycles. The van der Waals surface area contributed by atoms with Gasteiger partial charge in [0.25, 0.3) is 5.56 Å². The lowest BCUT2D eigenvalue weighted by molar-refractivity contribution is 0.0687. The van der Waals surface area contributed by atoms with Crippen LogP contribution in [0.15, 0.2) is 75.1 Å². The van der Waals surface area contributed by atoms with Crippen LogP contribution in [0.4, 0.5) is 4.39 Å². The number of pyridine rings is 2. The molecule has 6 rings (SSSR count). The molecule has 4 heterocycles. The van der Waals surface area contributed by atoms with E-state index in [1.807, 2.05) is 30.5 Å². The maximum absolute atomic E-state index is 15.1. The van der Waals surface area contributed by atoms with Crippen LogP contribution in [-0.2, 0) is 6.54 Å². The molecule has 0 saturated carbocycles. The summed E-state index contributed by atoms with van der Waals surface area (Å²) in [7, 11) is 0. The minimum absolute atomic E-state index is 0.0272. The second kappa shape index (κ2) is 8.79. The molecule has 0 fully saturated rings. The smallest absolute Gasteiger partial charge is 0.353 e. The van der Waals surface area contributed by atoms with Crippen molar-refractivity contribution in [2.75, 3.05) is 6.26 Å². The van der Waals surface area contributed by atoms with E-state index in [0.717, 1.165) is 10.3 Å². The number of carboxylic acid groups (broad SMARTS) is 1. The molecule has 0 atom stereocenters. The fourth-order valence-corrected chi connectivity index (χ4v) is 5.39. The number of hydrogen-bond donors (Lipinski definition) is 2. The molecule has 10 heteroatoms. The van der Waals surface area contributed by atoms with Crippen LogP contribution in [0.2, 0.25) is 5.15 Å². The monoisotopic (exact) mass is 533 g/mol. The zero-order valence-electron chi connectivity index (χ0n) is 19.2. The predicted molar refractivity (Wildman–Crippen MR) is 142 cm³/mol. The van der Waals surface area contributed by atoms with Gasteiger partial charge in [0.1, 0.15) is 22.2 Å². The summed E-state index contributed by atoms with van der Waals surface area (Å²) >= 11 is 8.15. The van der Waals surface area contributed by atoms with Crippen molar-refractivity contribution in [2.45, 2.75) is 11.4 Å². The van der Waals surface area contributed by atoms with Gasteiger partial charge >= 0.3 is 5.97 Å². The lowest BCUT2D eigenvalue weighted by atomic mass is 10.0. The Hall–Kier alpha value is -4.08. The van der Waals surface area contributed by atoms with E-state index in [2.05, 4.69) is 9.97 Å². The second-order valence-corrected chi connectivity index (χ2v) is 9.68. The van der Waals surface area contributed by atoms with E-state index in [1.54, 1.807) is 17.8 Å². The van der Waals surface area contributed by atoms with E-state index in [-0.39, 0.29) is 45.0 Å². The number of furan rings is 1. The molecule has 0 aliphatic heterocycles. The van der Waals surface area contributed by atoms with E-state index in [9.17, 15) is 14.7 Å². The maximum atomic E-state index is 15.1. The highest BCUT2D eigenvalue weighted by molar-refractivity contribution is 7.98. The SMILES string of the molecule is CSc1ccc2cc(Cn3c(C(=O)O)c(-c4ccc[nH]c4=O)c4c5occc5c(F)cc43)c(Cl)nc2c1. The first-order valence-corrected chi connectivity index (χ1v) is 12.7. The van der Waals surface area contributed by atoms with Gasteiger partial charge < -0.3 is 19.1 Å². The summed E-state index contributed by atoms with van der Waals surface area (Å²) in [5.41, 5.74) is 1.24. The molecular formula is C27H17ClFN3O4S. The van der Waals surface area contributed by atoms with Crippen molar-refractivity contribution in [3.8, 4) is 11.1 Å². The third-order valence-electron chi connectivity index (χ3n) is 6.39. The standard InChI is InChI=1S/C27H17ClFN3O4S/c1-37-15-5-4-13-9-14(25(28)31-19(13)10-15)12-32-20-11-18(29)16-6-8-36-24(16)22(20)21(23(32)27(34)35)17-3-2-7-30-26(17)33/h2-11H,12H2,1H3,(H,30,33)(H,34,35). The van der Waals surface area contributed by atoms with E-state index in [4.69, 9.17) is 16.0 Å². The Kier molecular flexibility index (Phi) is 5.54. The molecule has 0 aliphatic carbocycles. The number of benzene rings is 2. The fourth-order valence-electron chi connectivity index (χ4n) is 4.75. The van der Waals surface area contributed by atoms with Crippen LogP contribution < -0.4 is 5.56 Å². The van der Waals surface area contributed by atoms with Gasteiger partial charge in [-0.05, 0) is 48.7 Å². The predicted octanol–water partition coefficient (Wildman–Crippen LogP) is 6.55. The first-order valence-electron chi connectivity index (χ1n) is 11.1. The Bertz CT molecular complexity index is 1940. The van der Waals surface area contributed by atoms with Gasteiger partial charge in [-0.1, -0.05) is 17.7 Å². The van der Waals surface area contributed by atoms with Gasteiger partial charge in [0.2, 0.25) is 0 Å². The van der Waals surface area contributed by atoms with Crippen molar-refractivity contribution in [3.63, 3.8) is 0 Å². The molecule has 0 unspecified atom stereocenters. The average molecular weight is 534 g/mol. The topological polar surface area (TPSA) is 101 Å². The number of fused-ring (bicyclic) bond motifs is 4. The molecule has 7 nitrogen and oxygen atoms in total. The summed E-state index contributed by atoms with van der Waals surface area (Å²) in [5, 5.41) is 11.9. The van der Waals surface area contributed by atoms with Gasteiger partial charge in [0.05, 0.1) is 40.2 Å². The van der Waals surface area contributed by atoms with Gasteiger partial charge in [-0.2, -0.15) is 0 Å². The molecule has 0 aliphatic rings. The summed E-state index contributed by atoms with van der Waals surface area (Å²) < 4.78 is 22.2. The zero-order chi connectivity index (χ0) is 25.8. The third kappa shape index (κ3) is 3.70. The number of aromatic amines is 1. The van der Waals surface area contributed by atoms with Crippen molar-refractivity contribution in [1.29, 1.82) is 0 Å². The Morgan fingerprint density at radius 3 is 2.84 bits per heavy atom. The number of carboxylic acids is 1. The number of H-pyrrole nitrogens is 1. The summed E-state index contributed by atoms with van der Waals surface area (Å²) in [6, 6.07) is 13.5. The third-order valence-corrected chi connectivity index (χ3v) is 7.44. The minimum atomic E-state index is -1.29. The molecule has 0 spiro atoms. The highest BCUT2D eigenvalue weighted by Gasteiger charge is 2.29. The van der Waals surface area contributed by atoms with E-state index in [1.165, 1.54) is 35.2 Å². The van der Waals surface area contributed by atoms with Crippen LogP contribution in [-0.4, -0.2) is 31.9 Å². The Balaban J connectivity index is 1.68. The molecule has 0 saturated heterocycles. The van der Waals surface area contributed by atoms with Gasteiger partial charge in [0.15, 0.2) is 0 Å². The Morgan fingerprint density at radius 2 is 2.08 bits per heavy atom. The number of aromatic nitrogens is 3. The number of aromatic carboxylic acids is 1. The second-order valence-electron chi connectivity index (χ2n) is 8.44. The van der Waals surface area contributed by atoms with Crippen LogP contribution in [0.25, 0.3) is 43.9 Å². The van der Waals surface area contributed by atoms with Gasteiger partial charge in [-0.3, -0.25) is 4.79 Å². The number of nitrogens with zero attached hydrogens (tertiary/aromatic N) is 2. The van der Waals surface area contributed by atoms with E-state index < -0.39 is 17.3 Å². The van der Waals surface area contributed by atoms with Crippen molar-refractivity contribution in [1.82, 2.24) is 14.5 Å². The van der Waals surface area contributed by atoms with Crippen LogP contribution in [0.1, 0.15) is 16.1 Å². The normalized spacial score (nSPS) is 11.6. The van der Waals surface area contributed by atoms with Crippen LogP contribution in [0, 0.1) is 5.82 Å². The highest BCUT2D eigenvalue weighted by atomic mass is 35.5. The largest absolute Gasteiger partial charge is 0.477 e. The fraction of sp³-hybridized carbons (Fsp3) is 0.0741. The first kappa shape index (κ1) is 23.3. The maximum Gasteiger partial charge on any atom is 0.353 e. The molecule has 184 valence electrons. The first-order chi connectivity index (χ1) is 17.9. The Morgan fingerprint density at radius 1 is 1.24 bits per heavy atom. The number of rotatable bonds is 5. The zero-order valence-corrected chi connectivity index (χ0v) is 20.8. The number of hydrogen-bond acceptors (Lipinski definition) is 5. The van der Waals surface area contributed by atoms with Crippen LogP contribution >= 0.6 is 23.4 Å². The quantitative estimate of drug-likeness (QED) is 0.192. The lowest BCUT2D eigenvalue weighted by Crippen LogP contribution is -2.14. The summed E-state index contributed by atoms with van der Waals surface area (Å²) in [6.07, 6.45) is 4.75. The highest BCUT2D eigenvalue weighted by Crippen LogP contribution is 2.40. The van der Waals surface area contributed by atoms with Crippen molar-refractivity contribution in [3.05, 3.63) is 93.6 Å². The van der Waals surface area contributed by atoms with Crippen LogP contribution in [0.3, 0.4) is 0 Å². The number of thioether (sulfide) groups is 1. The molecule has 37 heavy (non-hydrogen) atoms. The number of nitrogens with one attached hydrogen (secondary N) is 1. The number of carbonyl (C=O) groups is 1. The van der Waals surface area contributed by atoms with Gasteiger partial charge in [-0.15, -0.1) is 11.8 Å². The summed E-state index contributed by atoms with van der Waals surface area (Å²) in [6.45, 7) is -0.0272. The van der Waals surface area contributed by atoms with E-state index >= 15 is 4.39 Å². The molecule has 0 amide bonds. The molecule has 4 aromatic heterocycles. The molecule has 0 radical (unpaired) electrons. The summed E-state index contributed by atoms with van der Waals surface area (Å²) in [5.74, 6) is -1.86. The average Bonchev–Trinajstić information content (AvgIpc) is 3.48. The lowest BCUT2D eigenvalue weighted by Gasteiger charge is -2.12. The molecule has 0 bridgehead atoms.